The van der Waals surface area contributed by atoms with Crippen molar-refractivity contribution < 1.29 is 19.2 Å². The van der Waals surface area contributed by atoms with Gasteiger partial charge in [-0.3, -0.25) is 30.0 Å². The van der Waals surface area contributed by atoms with E-state index in [2.05, 4.69) is 16.2 Å². The maximum atomic E-state index is 12.1. The SMILES string of the molecule is Cc1ccc(N2C[C@@H](C(=O)NNC(=O)C(=O)NC3CC3)CC2=O)cc1. The van der Waals surface area contributed by atoms with Crippen LogP contribution in [0.25, 0.3) is 0 Å². The number of hydrogen-bond donors (Lipinski definition) is 3. The average Bonchev–Trinajstić information content (AvgIpc) is 3.32. The highest BCUT2D eigenvalue weighted by Gasteiger charge is 2.35. The van der Waals surface area contributed by atoms with Crippen molar-refractivity contribution in [1.29, 1.82) is 0 Å². The topological polar surface area (TPSA) is 108 Å². The lowest BCUT2D eigenvalue weighted by atomic mass is 10.1. The monoisotopic (exact) mass is 344 g/mol. The molecule has 3 N–H and O–H groups in total. The number of aryl methyl sites for hydroxylation is 1. The van der Waals surface area contributed by atoms with Crippen LogP contribution < -0.4 is 21.1 Å². The van der Waals surface area contributed by atoms with Gasteiger partial charge in [0, 0.05) is 24.7 Å². The normalized spacial score (nSPS) is 19.5. The lowest BCUT2D eigenvalue weighted by molar-refractivity contribution is -0.141. The fraction of sp³-hybridized carbons (Fsp3) is 0.412. The van der Waals surface area contributed by atoms with Gasteiger partial charge in [0.2, 0.25) is 11.8 Å². The number of rotatable bonds is 3. The van der Waals surface area contributed by atoms with Crippen molar-refractivity contribution in [2.45, 2.75) is 32.2 Å². The Morgan fingerprint density at radius 1 is 1.04 bits per heavy atom. The molecule has 8 nitrogen and oxygen atoms in total. The largest absolute Gasteiger partial charge is 0.345 e. The van der Waals surface area contributed by atoms with E-state index in [9.17, 15) is 19.2 Å². The second-order valence-electron chi connectivity index (χ2n) is 6.43. The smallest absolute Gasteiger partial charge is 0.327 e. The molecule has 8 heteroatoms. The molecule has 4 amide bonds. The summed E-state index contributed by atoms with van der Waals surface area (Å²) >= 11 is 0. The number of hydrogen-bond acceptors (Lipinski definition) is 4. The minimum Gasteiger partial charge on any atom is -0.345 e. The van der Waals surface area contributed by atoms with Gasteiger partial charge in [0.1, 0.15) is 0 Å². The third kappa shape index (κ3) is 4.14. The van der Waals surface area contributed by atoms with Crippen molar-refractivity contribution in [2.75, 3.05) is 11.4 Å². The van der Waals surface area contributed by atoms with E-state index < -0.39 is 23.6 Å². The molecule has 1 saturated heterocycles. The summed E-state index contributed by atoms with van der Waals surface area (Å²) in [5, 5.41) is 2.52. The highest BCUT2D eigenvalue weighted by molar-refractivity contribution is 6.35. The first-order chi connectivity index (χ1) is 11.9. The summed E-state index contributed by atoms with van der Waals surface area (Å²) in [4.78, 5) is 48.9. The molecule has 2 aliphatic rings. The van der Waals surface area contributed by atoms with Crippen molar-refractivity contribution in [3.05, 3.63) is 29.8 Å². The van der Waals surface area contributed by atoms with Crippen molar-refractivity contribution in [1.82, 2.24) is 16.2 Å². The van der Waals surface area contributed by atoms with Crippen LogP contribution in [0.1, 0.15) is 24.8 Å². The first-order valence-corrected chi connectivity index (χ1v) is 8.22. The minimum absolute atomic E-state index is 0.0594. The number of carbonyl (C=O) groups excluding carboxylic acids is 4. The van der Waals surface area contributed by atoms with E-state index in [1.165, 1.54) is 0 Å². The first kappa shape index (κ1) is 16.9. The van der Waals surface area contributed by atoms with E-state index >= 15 is 0 Å². The van der Waals surface area contributed by atoms with Crippen LogP contribution in [0.3, 0.4) is 0 Å². The number of hydrazine groups is 1. The Hall–Kier alpha value is -2.90. The molecule has 0 spiro atoms. The molecule has 1 aliphatic carbocycles. The van der Waals surface area contributed by atoms with Crippen LogP contribution in [0.4, 0.5) is 5.69 Å². The van der Waals surface area contributed by atoms with Gasteiger partial charge >= 0.3 is 11.8 Å². The van der Waals surface area contributed by atoms with E-state index in [1.807, 2.05) is 31.2 Å². The van der Waals surface area contributed by atoms with Crippen molar-refractivity contribution in [2.24, 2.45) is 5.92 Å². The zero-order valence-corrected chi connectivity index (χ0v) is 13.9. The molecule has 1 aromatic rings. The number of amides is 4. The van der Waals surface area contributed by atoms with E-state index in [-0.39, 0.29) is 24.9 Å². The summed E-state index contributed by atoms with van der Waals surface area (Å²) in [6.45, 7) is 2.19. The summed E-state index contributed by atoms with van der Waals surface area (Å²) in [5.41, 5.74) is 6.13. The maximum Gasteiger partial charge on any atom is 0.327 e. The van der Waals surface area contributed by atoms with Gasteiger partial charge in [-0.2, -0.15) is 0 Å². The van der Waals surface area contributed by atoms with E-state index in [0.717, 1.165) is 24.1 Å². The van der Waals surface area contributed by atoms with Crippen molar-refractivity contribution >= 4 is 29.3 Å². The molecule has 3 rings (SSSR count). The molecule has 0 aromatic heterocycles. The predicted octanol–water partition coefficient (Wildman–Crippen LogP) is -0.226. The number of benzene rings is 1. The number of nitrogens with zero attached hydrogens (tertiary/aromatic N) is 1. The van der Waals surface area contributed by atoms with Gasteiger partial charge in [-0.25, -0.2) is 0 Å². The second-order valence-corrected chi connectivity index (χ2v) is 6.43. The molecule has 0 bridgehead atoms. The fourth-order valence-corrected chi connectivity index (χ4v) is 2.61. The summed E-state index contributed by atoms with van der Waals surface area (Å²) in [7, 11) is 0. The van der Waals surface area contributed by atoms with Gasteiger partial charge in [-0.05, 0) is 31.9 Å². The molecule has 1 atom stereocenters. The van der Waals surface area contributed by atoms with Crippen LogP contribution in [0, 0.1) is 12.8 Å². The summed E-state index contributed by atoms with van der Waals surface area (Å²) < 4.78 is 0. The summed E-state index contributed by atoms with van der Waals surface area (Å²) in [5.74, 6) is -2.91. The molecule has 2 fully saturated rings. The second kappa shape index (κ2) is 6.92. The first-order valence-electron chi connectivity index (χ1n) is 8.22. The van der Waals surface area contributed by atoms with Crippen LogP contribution in [0.2, 0.25) is 0 Å². The molecule has 1 heterocycles. The van der Waals surface area contributed by atoms with E-state index in [1.54, 1.807) is 4.90 Å². The fourth-order valence-electron chi connectivity index (χ4n) is 2.61. The third-order valence-electron chi connectivity index (χ3n) is 4.26. The van der Waals surface area contributed by atoms with Gasteiger partial charge in [0.15, 0.2) is 0 Å². The summed E-state index contributed by atoms with van der Waals surface area (Å²) in [6, 6.07) is 7.52. The Bertz CT molecular complexity index is 712. The van der Waals surface area contributed by atoms with E-state index in [0.29, 0.717) is 0 Å². The number of carbonyl (C=O) groups is 4. The molecule has 1 saturated carbocycles. The van der Waals surface area contributed by atoms with Crippen molar-refractivity contribution in [3.63, 3.8) is 0 Å². The maximum absolute atomic E-state index is 12.1. The lowest BCUT2D eigenvalue weighted by Crippen LogP contribution is -2.50. The molecular weight excluding hydrogens is 324 g/mol. The highest BCUT2D eigenvalue weighted by atomic mass is 16.2. The Labute approximate surface area is 144 Å². The zero-order valence-electron chi connectivity index (χ0n) is 13.9. The molecule has 25 heavy (non-hydrogen) atoms. The van der Waals surface area contributed by atoms with Gasteiger partial charge in [-0.1, -0.05) is 17.7 Å². The van der Waals surface area contributed by atoms with Gasteiger partial charge in [0.05, 0.1) is 5.92 Å². The molecule has 0 unspecified atom stereocenters. The average molecular weight is 344 g/mol. The van der Waals surface area contributed by atoms with Crippen LogP contribution in [0.5, 0.6) is 0 Å². The third-order valence-corrected chi connectivity index (χ3v) is 4.26. The van der Waals surface area contributed by atoms with Gasteiger partial charge in [-0.15, -0.1) is 0 Å². The molecule has 132 valence electrons. The predicted molar refractivity (Wildman–Crippen MR) is 89.1 cm³/mol. The lowest BCUT2D eigenvalue weighted by Gasteiger charge is -2.17. The Morgan fingerprint density at radius 2 is 1.72 bits per heavy atom. The Balaban J connectivity index is 1.51. The summed E-state index contributed by atoms with van der Waals surface area (Å²) in [6.07, 6.45) is 1.79. The van der Waals surface area contributed by atoms with E-state index in [4.69, 9.17) is 0 Å². The van der Waals surface area contributed by atoms with Crippen LogP contribution >= 0.6 is 0 Å². The van der Waals surface area contributed by atoms with Crippen LogP contribution in [0.15, 0.2) is 24.3 Å². The number of nitrogens with one attached hydrogen (secondary N) is 3. The Kier molecular flexibility index (Phi) is 4.69. The Morgan fingerprint density at radius 3 is 2.36 bits per heavy atom. The molecular formula is C17H20N4O4. The minimum atomic E-state index is -0.917. The van der Waals surface area contributed by atoms with Crippen molar-refractivity contribution in [3.8, 4) is 0 Å². The number of anilines is 1. The molecule has 0 radical (unpaired) electrons. The van der Waals surface area contributed by atoms with Crippen LogP contribution in [-0.2, 0) is 19.2 Å². The van der Waals surface area contributed by atoms with Gasteiger partial charge in [0.25, 0.3) is 0 Å². The molecule has 1 aromatic carbocycles. The quantitative estimate of drug-likeness (QED) is 0.520. The standard InChI is InChI=1S/C17H20N4O4/c1-10-2-6-13(7-3-10)21-9-11(8-14(21)22)15(23)19-20-17(25)16(24)18-12-4-5-12/h2-3,6-7,11-12H,4-5,8-9H2,1H3,(H,18,24)(H,19,23)(H,20,25)/t11-/m0/s1. The van der Waals surface area contributed by atoms with Gasteiger partial charge < -0.3 is 10.2 Å². The highest BCUT2D eigenvalue weighted by Crippen LogP contribution is 2.25. The van der Waals surface area contributed by atoms with Crippen LogP contribution in [-0.4, -0.2) is 36.2 Å². The zero-order chi connectivity index (χ0) is 18.0. The molecule has 1 aliphatic heterocycles.